The van der Waals surface area contributed by atoms with E-state index in [4.69, 9.17) is 6.85 Å². The van der Waals surface area contributed by atoms with Crippen LogP contribution in [0, 0.1) is 0 Å². The van der Waals surface area contributed by atoms with Crippen molar-refractivity contribution in [2.45, 2.75) is 6.37 Å². The minimum Gasteiger partial charge on any atom is -0.294 e. The fourth-order valence-electron chi connectivity index (χ4n) is 1.17. The van der Waals surface area contributed by atoms with Crippen molar-refractivity contribution in [1.29, 1.82) is 0 Å². The molecule has 2 rings (SSSR count). The SMILES string of the molecule is [2H]c1ccc(C([2H])([2H])C(=O)c2ccccc2)c([2H])c1[2H]. The second-order valence-electron chi connectivity index (χ2n) is 2.96. The minimum absolute atomic E-state index is 0.165. The van der Waals surface area contributed by atoms with E-state index < -0.39 is 18.2 Å². The van der Waals surface area contributed by atoms with Gasteiger partial charge in [-0.25, -0.2) is 0 Å². The maximum Gasteiger partial charge on any atom is 0.167 e. The van der Waals surface area contributed by atoms with Gasteiger partial charge in [0.25, 0.3) is 0 Å². The first-order chi connectivity index (χ1) is 9.35. The van der Waals surface area contributed by atoms with E-state index in [0.29, 0.717) is 0 Å². The minimum atomic E-state index is -2.40. The molecule has 15 heavy (non-hydrogen) atoms. The fourth-order valence-corrected chi connectivity index (χ4v) is 1.17. The van der Waals surface area contributed by atoms with Crippen LogP contribution in [0.3, 0.4) is 0 Å². The van der Waals surface area contributed by atoms with Crippen molar-refractivity contribution in [3.63, 3.8) is 0 Å². The van der Waals surface area contributed by atoms with Crippen molar-refractivity contribution in [3.05, 3.63) is 71.7 Å². The van der Waals surface area contributed by atoms with Crippen LogP contribution in [-0.2, 0) is 6.37 Å². The fraction of sp³-hybridized carbons (Fsp3) is 0.0714. The van der Waals surface area contributed by atoms with Crippen LogP contribution in [0.2, 0.25) is 0 Å². The van der Waals surface area contributed by atoms with Gasteiger partial charge in [-0.2, -0.15) is 0 Å². The zero-order valence-corrected chi connectivity index (χ0v) is 7.95. The second kappa shape index (κ2) is 4.56. The molecule has 0 aliphatic carbocycles. The molecule has 0 fully saturated rings. The van der Waals surface area contributed by atoms with E-state index in [1.54, 1.807) is 18.2 Å². The molecule has 0 radical (unpaired) electrons. The predicted molar refractivity (Wildman–Crippen MR) is 60.9 cm³/mol. The zero-order valence-electron chi connectivity index (χ0n) is 12.9. The van der Waals surface area contributed by atoms with Gasteiger partial charge in [0.2, 0.25) is 0 Å². The standard InChI is InChI=1S/C14H12O/c15-14(13-9-5-2-6-10-13)11-12-7-3-1-4-8-12/h1-10H,11H2/i1D,3D,7D,11D2. The Morgan fingerprint density at radius 2 is 1.93 bits per heavy atom. The van der Waals surface area contributed by atoms with Gasteiger partial charge in [-0.3, -0.25) is 4.79 Å². The highest BCUT2D eigenvalue weighted by Crippen LogP contribution is 2.06. The lowest BCUT2D eigenvalue weighted by Crippen LogP contribution is -2.02. The van der Waals surface area contributed by atoms with Gasteiger partial charge in [0.05, 0.1) is 4.11 Å². The Morgan fingerprint density at radius 3 is 2.73 bits per heavy atom. The van der Waals surface area contributed by atoms with Crippen LogP contribution < -0.4 is 0 Å². The van der Waals surface area contributed by atoms with Crippen molar-refractivity contribution in [2.24, 2.45) is 0 Å². The van der Waals surface area contributed by atoms with Crippen molar-refractivity contribution in [1.82, 2.24) is 0 Å². The first-order valence-corrected chi connectivity index (χ1v) is 4.53. The molecule has 0 unspecified atom stereocenters. The van der Waals surface area contributed by atoms with E-state index >= 15 is 0 Å². The molecular weight excluding hydrogens is 184 g/mol. The zero-order chi connectivity index (χ0) is 14.9. The summed E-state index contributed by atoms with van der Waals surface area (Å²) in [5.41, 5.74) is 0.0192. The van der Waals surface area contributed by atoms with Gasteiger partial charge in [-0.1, -0.05) is 60.6 Å². The molecule has 0 saturated carbocycles. The Labute approximate surface area is 96.4 Å². The molecule has 0 atom stereocenters. The number of carbonyl (C=O) groups excluding carboxylic acids is 1. The number of carbonyl (C=O) groups is 1. The van der Waals surface area contributed by atoms with Crippen molar-refractivity contribution >= 4 is 5.78 Å². The largest absolute Gasteiger partial charge is 0.294 e. The maximum atomic E-state index is 12.2. The molecule has 1 nitrogen and oxygen atoms in total. The normalized spacial score (nSPS) is 15.6. The highest BCUT2D eigenvalue weighted by atomic mass is 16.1. The molecule has 0 spiro atoms. The summed E-state index contributed by atoms with van der Waals surface area (Å²) in [4.78, 5) is 12.2. The van der Waals surface area contributed by atoms with Crippen molar-refractivity contribution in [3.8, 4) is 0 Å². The van der Waals surface area contributed by atoms with E-state index in [1.165, 1.54) is 24.3 Å². The summed E-state index contributed by atoms with van der Waals surface area (Å²) in [5, 5.41) is 0. The molecule has 0 bridgehead atoms. The molecule has 2 aromatic rings. The van der Waals surface area contributed by atoms with Crippen LogP contribution in [0.1, 0.15) is 22.8 Å². The molecule has 0 aliphatic rings. The number of benzene rings is 2. The van der Waals surface area contributed by atoms with Crippen LogP contribution in [-0.4, -0.2) is 5.78 Å². The first-order valence-electron chi connectivity index (χ1n) is 7.03. The van der Waals surface area contributed by atoms with E-state index in [9.17, 15) is 4.79 Å². The van der Waals surface area contributed by atoms with Gasteiger partial charge in [0, 0.05) is 14.7 Å². The first kappa shape index (κ1) is 5.26. The van der Waals surface area contributed by atoms with Crippen LogP contribution >= 0.6 is 0 Å². The summed E-state index contributed by atoms with van der Waals surface area (Å²) in [6.45, 7) is 0. The molecule has 0 saturated heterocycles. The topological polar surface area (TPSA) is 17.1 Å². The lowest BCUT2D eigenvalue weighted by atomic mass is 10.0. The molecule has 0 aliphatic heterocycles. The second-order valence-corrected chi connectivity index (χ2v) is 2.96. The van der Waals surface area contributed by atoms with Gasteiger partial charge in [0.15, 0.2) is 5.78 Å². The highest BCUT2D eigenvalue weighted by Gasteiger charge is 2.05. The molecule has 1 heteroatoms. The van der Waals surface area contributed by atoms with Crippen LogP contribution in [0.5, 0.6) is 0 Å². The Bertz CT molecular complexity index is 652. The van der Waals surface area contributed by atoms with E-state index in [-0.39, 0.29) is 23.2 Å². The van der Waals surface area contributed by atoms with Crippen LogP contribution in [0.15, 0.2) is 60.6 Å². The smallest absolute Gasteiger partial charge is 0.167 e. The molecule has 0 heterocycles. The highest BCUT2D eigenvalue weighted by molar-refractivity contribution is 5.97. The summed E-state index contributed by atoms with van der Waals surface area (Å²) in [7, 11) is 0. The van der Waals surface area contributed by atoms with E-state index in [2.05, 4.69) is 0 Å². The summed E-state index contributed by atoms with van der Waals surface area (Å²) < 4.78 is 38.7. The molecule has 0 amide bonds. The lowest BCUT2D eigenvalue weighted by molar-refractivity contribution is 0.0993. The average Bonchev–Trinajstić information content (AvgIpc) is 2.44. The Balaban J connectivity index is 2.51. The quantitative estimate of drug-likeness (QED) is 0.697. The van der Waals surface area contributed by atoms with Crippen molar-refractivity contribution in [2.75, 3.05) is 0 Å². The molecule has 0 aromatic heterocycles. The predicted octanol–water partition coefficient (Wildman–Crippen LogP) is 3.11. The Kier molecular flexibility index (Phi) is 1.60. The van der Waals surface area contributed by atoms with E-state index in [0.717, 1.165) is 0 Å². The molecule has 0 N–H and O–H groups in total. The van der Waals surface area contributed by atoms with E-state index in [1.807, 2.05) is 0 Å². The maximum absolute atomic E-state index is 12.2. The molecule has 2 aromatic carbocycles. The van der Waals surface area contributed by atoms with Gasteiger partial charge < -0.3 is 0 Å². The van der Waals surface area contributed by atoms with Crippen molar-refractivity contribution < 1.29 is 11.6 Å². The summed E-state index contributed by atoms with van der Waals surface area (Å²) in [6.07, 6.45) is -2.40. The average molecular weight is 201 g/mol. The third-order valence-corrected chi connectivity index (χ3v) is 1.89. The third-order valence-electron chi connectivity index (χ3n) is 1.89. The van der Waals surface area contributed by atoms with Gasteiger partial charge in [-0.05, 0) is 5.56 Å². The van der Waals surface area contributed by atoms with Gasteiger partial charge in [0.1, 0.15) is 0 Å². The number of rotatable bonds is 3. The monoisotopic (exact) mass is 201 g/mol. The van der Waals surface area contributed by atoms with Crippen LogP contribution in [0.25, 0.3) is 0 Å². The third kappa shape index (κ3) is 2.53. The Morgan fingerprint density at radius 1 is 1.13 bits per heavy atom. The number of hydrogen-bond donors (Lipinski definition) is 0. The summed E-state index contributed by atoms with van der Waals surface area (Å²) in [6, 6.07) is 9.48. The Hall–Kier alpha value is -1.89. The number of Topliss-reactive ketones (excluding diaryl/α,β-unsaturated/α-hetero) is 1. The lowest BCUT2D eigenvalue weighted by Gasteiger charge is -2.00. The molecule has 74 valence electrons. The van der Waals surface area contributed by atoms with Gasteiger partial charge >= 0.3 is 0 Å². The number of hydrogen-bond acceptors (Lipinski definition) is 1. The van der Waals surface area contributed by atoms with Crippen LogP contribution in [0.4, 0.5) is 0 Å². The number of ketones is 1. The molecular formula is C14H12O. The summed E-state index contributed by atoms with van der Waals surface area (Å²) >= 11 is 0. The summed E-state index contributed by atoms with van der Waals surface area (Å²) in [5.74, 6) is -0.760. The van der Waals surface area contributed by atoms with Gasteiger partial charge in [-0.15, -0.1) is 0 Å².